The van der Waals surface area contributed by atoms with Gasteiger partial charge in [0.05, 0.1) is 23.3 Å². The number of carbonyl (C=O) groups excluding carboxylic acids is 2. The van der Waals surface area contributed by atoms with Gasteiger partial charge in [0.2, 0.25) is 0 Å². The van der Waals surface area contributed by atoms with Gasteiger partial charge in [-0.1, -0.05) is 0 Å². The van der Waals surface area contributed by atoms with E-state index >= 15 is 0 Å². The predicted molar refractivity (Wildman–Crippen MR) is 129 cm³/mol. The molecule has 1 unspecified atom stereocenters. The fourth-order valence-corrected chi connectivity index (χ4v) is 4.54. The van der Waals surface area contributed by atoms with Crippen LogP contribution < -0.4 is 10.1 Å². The number of nitrogens with zero attached hydrogens (tertiary/aromatic N) is 3. The molecule has 1 atom stereocenters. The number of aryl methyl sites for hydroxylation is 1. The van der Waals surface area contributed by atoms with Crippen molar-refractivity contribution in [1.82, 2.24) is 25.2 Å². The third-order valence-corrected chi connectivity index (χ3v) is 6.36. The molecule has 1 aromatic carbocycles. The summed E-state index contributed by atoms with van der Waals surface area (Å²) in [5.74, 6) is -0.502. The first kappa shape index (κ1) is 26.4. The summed E-state index contributed by atoms with van der Waals surface area (Å²) in [7, 11) is 0. The van der Waals surface area contributed by atoms with Crippen molar-refractivity contribution in [2.24, 2.45) is 0 Å². The first-order valence-electron chi connectivity index (χ1n) is 12.0. The highest BCUT2D eigenvalue weighted by Crippen LogP contribution is 2.39. The van der Waals surface area contributed by atoms with Crippen molar-refractivity contribution in [3.8, 4) is 17.0 Å². The third kappa shape index (κ3) is 5.38. The van der Waals surface area contributed by atoms with Crippen molar-refractivity contribution in [3.63, 3.8) is 0 Å². The molecule has 2 aromatic heterocycles. The van der Waals surface area contributed by atoms with E-state index in [9.17, 15) is 27.9 Å². The number of piperidine rings is 1. The molecule has 9 nitrogen and oxygen atoms in total. The lowest BCUT2D eigenvalue weighted by Crippen LogP contribution is -2.48. The number of hydrogen-bond donors (Lipinski definition) is 3. The SMILES string of the molecule is CCOc1ccc(C(F)(F)F)cc1-c1ncnc2c(C(=O)NC3CCN(C(=O)C(C)O)CC3)c(C)[nH]c12. The molecule has 0 bridgehead atoms. The van der Waals surface area contributed by atoms with E-state index in [2.05, 4.69) is 20.3 Å². The van der Waals surface area contributed by atoms with Crippen LogP contribution in [-0.4, -0.2) is 68.6 Å². The number of fused-ring (bicyclic) bond motifs is 1. The van der Waals surface area contributed by atoms with Crippen molar-refractivity contribution < 1.29 is 32.6 Å². The zero-order chi connectivity index (χ0) is 26.9. The number of aromatic amines is 1. The quantitative estimate of drug-likeness (QED) is 0.459. The standard InChI is InChI=1S/C25H28F3N5O4/c1-4-37-18-6-5-15(25(26,27)28)11-17(18)20-22-21(30-12-29-20)19(13(2)31-22)23(35)32-16-7-9-33(10-8-16)24(36)14(3)34/h5-6,11-12,14,16,31,34H,4,7-10H2,1-3H3,(H,32,35). The molecule has 0 radical (unpaired) electrons. The summed E-state index contributed by atoms with van der Waals surface area (Å²) < 4.78 is 45.9. The highest BCUT2D eigenvalue weighted by molar-refractivity contribution is 6.09. The molecule has 3 heterocycles. The monoisotopic (exact) mass is 519 g/mol. The van der Waals surface area contributed by atoms with E-state index in [1.165, 1.54) is 19.3 Å². The Morgan fingerprint density at radius 2 is 1.97 bits per heavy atom. The summed E-state index contributed by atoms with van der Waals surface area (Å²) in [5, 5.41) is 12.5. The molecule has 1 fully saturated rings. The van der Waals surface area contributed by atoms with E-state index in [1.807, 2.05) is 0 Å². The molecule has 198 valence electrons. The molecule has 0 spiro atoms. The van der Waals surface area contributed by atoms with Gasteiger partial charge in [-0.05, 0) is 51.8 Å². The van der Waals surface area contributed by atoms with Gasteiger partial charge in [0.15, 0.2) is 0 Å². The van der Waals surface area contributed by atoms with Gasteiger partial charge < -0.3 is 25.0 Å². The summed E-state index contributed by atoms with van der Waals surface area (Å²) in [6.07, 6.45) is -3.38. The molecule has 1 aliphatic heterocycles. The minimum atomic E-state index is -4.56. The number of benzene rings is 1. The zero-order valence-corrected chi connectivity index (χ0v) is 20.6. The van der Waals surface area contributed by atoms with Gasteiger partial charge in [-0.25, -0.2) is 9.97 Å². The number of carbonyl (C=O) groups is 2. The van der Waals surface area contributed by atoms with Crippen LogP contribution in [0.25, 0.3) is 22.3 Å². The van der Waals surface area contributed by atoms with Crippen LogP contribution in [-0.2, 0) is 11.0 Å². The first-order chi connectivity index (χ1) is 17.5. The lowest BCUT2D eigenvalue weighted by Gasteiger charge is -2.33. The van der Waals surface area contributed by atoms with Crippen molar-refractivity contribution in [2.75, 3.05) is 19.7 Å². The number of H-pyrrole nitrogens is 1. The number of halogens is 3. The number of alkyl halides is 3. The van der Waals surface area contributed by atoms with E-state index in [4.69, 9.17) is 4.74 Å². The zero-order valence-electron chi connectivity index (χ0n) is 20.6. The largest absolute Gasteiger partial charge is 0.493 e. The minimum Gasteiger partial charge on any atom is -0.493 e. The topological polar surface area (TPSA) is 120 Å². The average molecular weight is 520 g/mol. The summed E-state index contributed by atoms with van der Waals surface area (Å²) in [6.45, 7) is 5.88. The molecule has 1 saturated heterocycles. The number of aliphatic hydroxyl groups excluding tert-OH is 1. The number of nitrogens with one attached hydrogen (secondary N) is 2. The molecule has 0 aliphatic carbocycles. The number of rotatable bonds is 6. The van der Waals surface area contributed by atoms with Crippen LogP contribution in [0.1, 0.15) is 48.3 Å². The van der Waals surface area contributed by atoms with Crippen molar-refractivity contribution in [1.29, 1.82) is 0 Å². The number of ether oxygens (including phenoxy) is 1. The van der Waals surface area contributed by atoms with Gasteiger partial charge in [-0.3, -0.25) is 9.59 Å². The van der Waals surface area contributed by atoms with E-state index in [0.29, 0.717) is 37.1 Å². The number of aromatic nitrogens is 3. The predicted octanol–water partition coefficient (Wildman–Crippen LogP) is 3.45. The van der Waals surface area contributed by atoms with E-state index in [0.717, 1.165) is 12.1 Å². The second-order valence-electron chi connectivity index (χ2n) is 8.96. The highest BCUT2D eigenvalue weighted by atomic mass is 19.4. The Hall–Kier alpha value is -3.67. The smallest absolute Gasteiger partial charge is 0.416 e. The molecule has 37 heavy (non-hydrogen) atoms. The maximum absolute atomic E-state index is 13.5. The summed E-state index contributed by atoms with van der Waals surface area (Å²) in [5.41, 5.74) is 0.829. The Labute approximate surface area is 211 Å². The van der Waals surface area contributed by atoms with Crippen LogP contribution in [0.15, 0.2) is 24.5 Å². The fourth-order valence-electron chi connectivity index (χ4n) is 4.54. The summed E-state index contributed by atoms with van der Waals surface area (Å²) in [4.78, 5) is 38.4. The second kappa shape index (κ2) is 10.4. The maximum Gasteiger partial charge on any atom is 0.416 e. The van der Waals surface area contributed by atoms with Crippen molar-refractivity contribution in [2.45, 2.75) is 51.9 Å². The number of hydrogen-bond acceptors (Lipinski definition) is 6. The van der Waals surface area contributed by atoms with Crippen LogP contribution in [0.3, 0.4) is 0 Å². The molecule has 4 rings (SSSR count). The van der Waals surface area contributed by atoms with Crippen LogP contribution in [0.5, 0.6) is 5.75 Å². The number of aliphatic hydroxyl groups is 1. The Bertz CT molecular complexity index is 1310. The Morgan fingerprint density at radius 1 is 1.27 bits per heavy atom. The van der Waals surface area contributed by atoms with Crippen LogP contribution in [0.2, 0.25) is 0 Å². The van der Waals surface area contributed by atoms with Gasteiger partial charge in [0.25, 0.3) is 11.8 Å². The number of likely N-dealkylation sites (tertiary alicyclic amines) is 1. The Kier molecular flexibility index (Phi) is 7.39. The lowest BCUT2D eigenvalue weighted by atomic mass is 10.0. The summed E-state index contributed by atoms with van der Waals surface area (Å²) >= 11 is 0. The first-order valence-corrected chi connectivity index (χ1v) is 12.0. The molecule has 1 aliphatic rings. The van der Waals surface area contributed by atoms with Crippen LogP contribution in [0, 0.1) is 6.92 Å². The lowest BCUT2D eigenvalue weighted by molar-refractivity contribution is -0.140. The number of amides is 2. The fraction of sp³-hybridized carbons (Fsp3) is 0.440. The van der Waals surface area contributed by atoms with Gasteiger partial charge in [-0.2, -0.15) is 13.2 Å². The van der Waals surface area contributed by atoms with Gasteiger partial charge in [-0.15, -0.1) is 0 Å². The van der Waals surface area contributed by atoms with Gasteiger partial charge in [0, 0.05) is 30.4 Å². The average Bonchev–Trinajstić information content (AvgIpc) is 3.19. The highest BCUT2D eigenvalue weighted by Gasteiger charge is 2.32. The molecule has 3 aromatic rings. The Morgan fingerprint density at radius 3 is 2.59 bits per heavy atom. The van der Waals surface area contributed by atoms with Gasteiger partial charge in [0.1, 0.15) is 29.4 Å². The summed E-state index contributed by atoms with van der Waals surface area (Å²) in [6, 6.07) is 2.99. The van der Waals surface area contributed by atoms with Crippen LogP contribution >= 0.6 is 0 Å². The van der Waals surface area contributed by atoms with Gasteiger partial charge >= 0.3 is 6.18 Å². The molecular formula is C25H28F3N5O4. The molecule has 2 amide bonds. The van der Waals surface area contributed by atoms with Crippen molar-refractivity contribution in [3.05, 3.63) is 41.3 Å². The third-order valence-electron chi connectivity index (χ3n) is 6.36. The van der Waals surface area contributed by atoms with Crippen molar-refractivity contribution >= 4 is 22.8 Å². The van der Waals surface area contributed by atoms with E-state index < -0.39 is 17.8 Å². The Balaban J connectivity index is 1.64. The molecule has 0 saturated carbocycles. The molecular weight excluding hydrogens is 491 g/mol. The maximum atomic E-state index is 13.5. The molecule has 3 N–H and O–H groups in total. The second-order valence-corrected chi connectivity index (χ2v) is 8.96. The minimum absolute atomic E-state index is 0.132. The van der Waals surface area contributed by atoms with Crippen LogP contribution in [0.4, 0.5) is 13.2 Å². The molecule has 12 heteroatoms. The normalized spacial score (nSPS) is 15.6. The van der Waals surface area contributed by atoms with E-state index in [-0.39, 0.29) is 52.6 Å². The van der Waals surface area contributed by atoms with E-state index in [1.54, 1.807) is 18.7 Å².